The van der Waals surface area contributed by atoms with Crippen LogP contribution in [0.4, 0.5) is 0 Å². The third-order valence-electron chi connectivity index (χ3n) is 4.09. The van der Waals surface area contributed by atoms with Crippen molar-refractivity contribution in [3.8, 4) is 5.75 Å². The van der Waals surface area contributed by atoms with Crippen molar-refractivity contribution in [1.82, 2.24) is 0 Å². The van der Waals surface area contributed by atoms with E-state index in [-0.39, 0.29) is 0 Å². The Kier molecular flexibility index (Phi) is 4.66. The molecule has 2 heteroatoms. The smallest absolute Gasteiger partial charge is 0.126 e. The molecule has 0 bridgehead atoms. The van der Waals surface area contributed by atoms with Gasteiger partial charge in [0.05, 0.1) is 7.11 Å². The van der Waals surface area contributed by atoms with Crippen molar-refractivity contribution in [3.63, 3.8) is 0 Å². The molecule has 0 aliphatic carbocycles. The lowest BCUT2D eigenvalue weighted by atomic mass is 9.82. The predicted molar refractivity (Wildman–Crippen MR) is 86.3 cm³/mol. The first kappa shape index (κ1) is 14.9. The minimum atomic E-state index is 0.301. The second kappa shape index (κ2) is 6.27. The van der Waals surface area contributed by atoms with E-state index < -0.39 is 0 Å². The minimum Gasteiger partial charge on any atom is -0.496 e. The van der Waals surface area contributed by atoms with Crippen LogP contribution in [0.25, 0.3) is 10.8 Å². The van der Waals surface area contributed by atoms with Crippen LogP contribution in [-0.4, -0.2) is 13.7 Å². The molecule has 0 unspecified atom stereocenters. The zero-order valence-electron chi connectivity index (χ0n) is 12.8. The van der Waals surface area contributed by atoms with Gasteiger partial charge in [0.25, 0.3) is 0 Å². The van der Waals surface area contributed by atoms with Crippen molar-refractivity contribution >= 4 is 10.8 Å². The third kappa shape index (κ3) is 3.31. The molecule has 0 aromatic heterocycles. The van der Waals surface area contributed by atoms with Crippen LogP contribution in [-0.2, 0) is 6.42 Å². The van der Waals surface area contributed by atoms with Gasteiger partial charge in [-0.2, -0.15) is 0 Å². The van der Waals surface area contributed by atoms with Crippen molar-refractivity contribution in [2.45, 2.75) is 33.1 Å². The number of nitrogens with two attached hydrogens (primary N) is 1. The highest BCUT2D eigenvalue weighted by molar-refractivity contribution is 5.91. The number of fused-ring (bicyclic) bond motifs is 1. The maximum atomic E-state index is 5.70. The van der Waals surface area contributed by atoms with Crippen molar-refractivity contribution < 1.29 is 4.74 Å². The van der Waals surface area contributed by atoms with E-state index in [1.165, 1.54) is 16.3 Å². The van der Waals surface area contributed by atoms with Crippen LogP contribution in [0, 0.1) is 5.41 Å². The Hall–Kier alpha value is -1.54. The molecular weight excluding hydrogens is 246 g/mol. The van der Waals surface area contributed by atoms with Crippen LogP contribution in [0.5, 0.6) is 5.75 Å². The predicted octanol–water partition coefficient (Wildman–Crippen LogP) is 4.16. The van der Waals surface area contributed by atoms with Gasteiger partial charge in [-0.3, -0.25) is 0 Å². The van der Waals surface area contributed by atoms with Crippen LogP contribution >= 0.6 is 0 Å². The van der Waals surface area contributed by atoms with E-state index in [1.807, 2.05) is 0 Å². The van der Waals surface area contributed by atoms with Crippen LogP contribution in [0.2, 0.25) is 0 Å². The first-order valence-corrected chi connectivity index (χ1v) is 7.32. The van der Waals surface area contributed by atoms with E-state index in [0.717, 1.165) is 31.6 Å². The van der Waals surface area contributed by atoms with Crippen LogP contribution in [0.1, 0.15) is 32.3 Å². The topological polar surface area (TPSA) is 35.2 Å². The summed E-state index contributed by atoms with van der Waals surface area (Å²) in [5, 5.41) is 2.50. The molecule has 2 N–H and O–H groups in total. The molecule has 0 spiro atoms. The first-order valence-electron chi connectivity index (χ1n) is 7.32. The number of aryl methyl sites for hydroxylation is 1. The number of rotatable bonds is 6. The molecule has 20 heavy (non-hydrogen) atoms. The summed E-state index contributed by atoms with van der Waals surface area (Å²) in [6.45, 7) is 5.35. The Labute approximate surface area is 121 Å². The van der Waals surface area contributed by atoms with E-state index in [1.54, 1.807) is 7.11 Å². The lowest BCUT2D eigenvalue weighted by Gasteiger charge is -2.24. The lowest BCUT2D eigenvalue weighted by molar-refractivity contribution is 0.314. The van der Waals surface area contributed by atoms with E-state index in [0.29, 0.717) is 5.41 Å². The normalized spacial score (nSPS) is 11.8. The van der Waals surface area contributed by atoms with Crippen LogP contribution < -0.4 is 10.5 Å². The third-order valence-corrected chi connectivity index (χ3v) is 4.09. The number of ether oxygens (including phenoxy) is 1. The molecular formula is C18H25NO. The summed E-state index contributed by atoms with van der Waals surface area (Å²) in [4.78, 5) is 0. The van der Waals surface area contributed by atoms with Crippen molar-refractivity contribution in [1.29, 1.82) is 0 Å². The highest BCUT2D eigenvalue weighted by atomic mass is 16.5. The van der Waals surface area contributed by atoms with Gasteiger partial charge in [-0.15, -0.1) is 0 Å². The van der Waals surface area contributed by atoms with Crippen LogP contribution in [0.15, 0.2) is 36.4 Å². The molecule has 0 radical (unpaired) electrons. The van der Waals surface area contributed by atoms with Gasteiger partial charge in [-0.1, -0.05) is 44.2 Å². The number of methoxy groups -OCH3 is 1. The largest absolute Gasteiger partial charge is 0.496 e. The van der Waals surface area contributed by atoms with Gasteiger partial charge in [-0.05, 0) is 48.2 Å². The standard InChI is InChI=1S/C18H25NO/c1-18(2,12-13-19)11-10-14-8-9-17(20-3)16-7-5-4-6-15(14)16/h4-9H,10-13,19H2,1-3H3. The number of benzene rings is 2. The maximum Gasteiger partial charge on any atom is 0.126 e. The zero-order chi connectivity index (χ0) is 14.6. The van der Waals surface area contributed by atoms with Gasteiger partial charge in [0.1, 0.15) is 5.75 Å². The SMILES string of the molecule is COc1ccc(CCC(C)(C)CCN)c2ccccc12. The fraction of sp³-hybridized carbons (Fsp3) is 0.444. The van der Waals surface area contributed by atoms with Gasteiger partial charge in [-0.25, -0.2) is 0 Å². The molecule has 0 fully saturated rings. The average Bonchev–Trinajstić information content (AvgIpc) is 2.44. The molecule has 2 aromatic rings. The van der Waals surface area contributed by atoms with Gasteiger partial charge < -0.3 is 10.5 Å². The number of hydrogen-bond acceptors (Lipinski definition) is 2. The monoisotopic (exact) mass is 271 g/mol. The molecule has 0 aliphatic heterocycles. The Balaban J connectivity index is 2.27. The molecule has 0 saturated heterocycles. The van der Waals surface area contributed by atoms with Gasteiger partial charge in [0.15, 0.2) is 0 Å². The summed E-state index contributed by atoms with van der Waals surface area (Å²) >= 11 is 0. The van der Waals surface area contributed by atoms with Gasteiger partial charge in [0, 0.05) is 5.39 Å². The highest BCUT2D eigenvalue weighted by Gasteiger charge is 2.17. The molecule has 2 nitrogen and oxygen atoms in total. The quantitative estimate of drug-likeness (QED) is 0.856. The average molecular weight is 271 g/mol. The van der Waals surface area contributed by atoms with Crippen molar-refractivity contribution in [3.05, 3.63) is 42.0 Å². The molecule has 0 saturated carbocycles. The summed E-state index contributed by atoms with van der Waals surface area (Å²) in [5.74, 6) is 0.950. The summed E-state index contributed by atoms with van der Waals surface area (Å²) in [5.41, 5.74) is 7.39. The Morgan fingerprint density at radius 3 is 2.35 bits per heavy atom. The van der Waals surface area contributed by atoms with Crippen molar-refractivity contribution in [2.24, 2.45) is 11.1 Å². The fourth-order valence-corrected chi connectivity index (χ4v) is 2.72. The lowest BCUT2D eigenvalue weighted by Crippen LogP contribution is -2.17. The summed E-state index contributed by atoms with van der Waals surface area (Å²) in [7, 11) is 1.73. The summed E-state index contributed by atoms with van der Waals surface area (Å²) in [6, 6.07) is 12.7. The van der Waals surface area contributed by atoms with E-state index >= 15 is 0 Å². The molecule has 0 aliphatic rings. The van der Waals surface area contributed by atoms with Crippen LogP contribution in [0.3, 0.4) is 0 Å². The van der Waals surface area contributed by atoms with E-state index in [9.17, 15) is 0 Å². The Morgan fingerprint density at radius 1 is 1.00 bits per heavy atom. The maximum absolute atomic E-state index is 5.70. The first-order chi connectivity index (χ1) is 9.57. The molecule has 0 heterocycles. The summed E-state index contributed by atoms with van der Waals surface area (Å²) < 4.78 is 5.45. The molecule has 0 atom stereocenters. The molecule has 2 rings (SSSR count). The highest BCUT2D eigenvalue weighted by Crippen LogP contribution is 2.32. The second-order valence-corrected chi connectivity index (χ2v) is 6.18. The minimum absolute atomic E-state index is 0.301. The van der Waals surface area contributed by atoms with E-state index in [2.05, 4.69) is 50.2 Å². The van der Waals surface area contributed by atoms with Gasteiger partial charge >= 0.3 is 0 Å². The van der Waals surface area contributed by atoms with Crippen molar-refractivity contribution in [2.75, 3.05) is 13.7 Å². The zero-order valence-corrected chi connectivity index (χ0v) is 12.8. The Bertz CT molecular complexity index is 575. The molecule has 108 valence electrons. The second-order valence-electron chi connectivity index (χ2n) is 6.18. The molecule has 0 amide bonds. The van der Waals surface area contributed by atoms with Gasteiger partial charge in [0.2, 0.25) is 0 Å². The molecule has 2 aromatic carbocycles. The Morgan fingerprint density at radius 2 is 1.70 bits per heavy atom. The summed E-state index contributed by atoms with van der Waals surface area (Å²) in [6.07, 6.45) is 3.30. The van der Waals surface area contributed by atoms with E-state index in [4.69, 9.17) is 10.5 Å². The fourth-order valence-electron chi connectivity index (χ4n) is 2.72. The number of hydrogen-bond donors (Lipinski definition) is 1.